The first kappa shape index (κ1) is 21.6. The number of aryl methyl sites for hydroxylation is 2. The maximum Gasteiger partial charge on any atom is 0.321 e. The van der Waals surface area contributed by atoms with E-state index in [9.17, 15) is 18.0 Å². The number of ether oxygens (including phenoxy) is 1. The van der Waals surface area contributed by atoms with Gasteiger partial charge >= 0.3 is 5.97 Å². The zero-order valence-electron chi connectivity index (χ0n) is 15.7. The maximum atomic E-state index is 12.1. The van der Waals surface area contributed by atoms with Crippen LogP contribution in [0.5, 0.6) is 0 Å². The molecule has 0 aliphatic heterocycles. The molecule has 0 saturated carbocycles. The second-order valence-electron chi connectivity index (χ2n) is 6.24. The van der Waals surface area contributed by atoms with Crippen LogP contribution in [0.2, 0.25) is 0 Å². The minimum Gasteiger partial charge on any atom is -0.455 e. The zero-order chi connectivity index (χ0) is 20.4. The molecule has 0 saturated heterocycles. The highest BCUT2D eigenvalue weighted by molar-refractivity contribution is 7.89. The lowest BCUT2D eigenvalue weighted by atomic mass is 10.1. The first-order valence-electron chi connectivity index (χ1n) is 8.89. The van der Waals surface area contributed by atoms with Crippen LogP contribution >= 0.6 is 0 Å². The summed E-state index contributed by atoms with van der Waals surface area (Å²) in [7, 11) is -3.81. The number of hydrogen-bond donors (Lipinski definition) is 2. The fraction of sp³-hybridized carbons (Fsp3) is 0.300. The topological polar surface area (TPSA) is 102 Å². The molecule has 0 bridgehead atoms. The third-order valence-corrected chi connectivity index (χ3v) is 5.33. The molecule has 0 spiro atoms. The van der Waals surface area contributed by atoms with E-state index in [2.05, 4.69) is 10.0 Å². The number of sulfonamides is 1. The van der Waals surface area contributed by atoms with Crippen LogP contribution < -0.4 is 10.0 Å². The van der Waals surface area contributed by atoms with Crippen molar-refractivity contribution >= 4 is 21.9 Å². The molecule has 150 valence electrons. The number of benzene rings is 2. The van der Waals surface area contributed by atoms with Crippen LogP contribution in [0.1, 0.15) is 17.5 Å². The predicted molar refractivity (Wildman–Crippen MR) is 105 cm³/mol. The molecule has 0 radical (unpaired) electrons. The molecule has 0 fully saturated rings. The summed E-state index contributed by atoms with van der Waals surface area (Å²) < 4.78 is 31.1. The van der Waals surface area contributed by atoms with Gasteiger partial charge in [0, 0.05) is 6.54 Å². The van der Waals surface area contributed by atoms with Gasteiger partial charge < -0.3 is 10.1 Å². The van der Waals surface area contributed by atoms with Crippen molar-refractivity contribution in [1.29, 1.82) is 0 Å². The fourth-order valence-corrected chi connectivity index (χ4v) is 3.34. The molecule has 0 heterocycles. The highest BCUT2D eigenvalue weighted by atomic mass is 32.2. The Balaban J connectivity index is 1.63. The van der Waals surface area contributed by atoms with E-state index in [0.29, 0.717) is 6.54 Å². The summed E-state index contributed by atoms with van der Waals surface area (Å²) >= 11 is 0. The van der Waals surface area contributed by atoms with Gasteiger partial charge in [0.15, 0.2) is 6.61 Å². The highest BCUT2D eigenvalue weighted by Gasteiger charge is 2.16. The second kappa shape index (κ2) is 10.6. The average Bonchev–Trinajstić information content (AvgIpc) is 2.69. The fourth-order valence-electron chi connectivity index (χ4n) is 2.37. The van der Waals surface area contributed by atoms with E-state index in [0.717, 1.165) is 18.4 Å². The summed E-state index contributed by atoms with van der Waals surface area (Å²) in [5.74, 6) is -1.25. The lowest BCUT2D eigenvalue weighted by molar-refractivity contribution is -0.147. The first-order chi connectivity index (χ1) is 13.4. The Morgan fingerprint density at radius 3 is 2.36 bits per heavy atom. The molecule has 0 atom stereocenters. The SMILES string of the molecule is Cc1ccc(S(=O)(=O)NCC(=O)OCC(=O)NCCCc2ccccc2)cc1. The molecule has 2 aromatic rings. The summed E-state index contributed by atoms with van der Waals surface area (Å²) in [6, 6.07) is 16.1. The van der Waals surface area contributed by atoms with E-state index >= 15 is 0 Å². The maximum absolute atomic E-state index is 12.1. The summed E-state index contributed by atoms with van der Waals surface area (Å²) in [5, 5.41) is 2.66. The quantitative estimate of drug-likeness (QED) is 0.462. The van der Waals surface area contributed by atoms with Crippen molar-refractivity contribution in [3.63, 3.8) is 0 Å². The van der Waals surface area contributed by atoms with Crippen molar-refractivity contribution in [2.75, 3.05) is 19.7 Å². The second-order valence-corrected chi connectivity index (χ2v) is 8.00. The van der Waals surface area contributed by atoms with Gasteiger partial charge in [-0.15, -0.1) is 0 Å². The van der Waals surface area contributed by atoms with Crippen LogP contribution in [-0.4, -0.2) is 40.0 Å². The van der Waals surface area contributed by atoms with Crippen molar-refractivity contribution in [3.05, 3.63) is 65.7 Å². The van der Waals surface area contributed by atoms with E-state index in [1.807, 2.05) is 37.3 Å². The van der Waals surface area contributed by atoms with Crippen LogP contribution in [0.15, 0.2) is 59.5 Å². The normalized spacial score (nSPS) is 11.0. The Bertz CT molecular complexity index is 881. The first-order valence-corrected chi connectivity index (χ1v) is 10.4. The number of carbonyl (C=O) groups excluding carboxylic acids is 2. The third-order valence-electron chi connectivity index (χ3n) is 3.91. The van der Waals surface area contributed by atoms with Gasteiger partial charge in [0.25, 0.3) is 5.91 Å². The summed E-state index contributed by atoms with van der Waals surface area (Å²) in [4.78, 5) is 23.4. The molecular formula is C20H24N2O5S. The Labute approximate surface area is 165 Å². The van der Waals surface area contributed by atoms with Crippen LogP contribution in [0.3, 0.4) is 0 Å². The lowest BCUT2D eigenvalue weighted by Gasteiger charge is -2.08. The van der Waals surface area contributed by atoms with Crippen molar-refractivity contribution in [1.82, 2.24) is 10.0 Å². The number of rotatable bonds is 10. The third kappa shape index (κ3) is 7.50. The van der Waals surface area contributed by atoms with E-state index < -0.39 is 35.1 Å². The smallest absolute Gasteiger partial charge is 0.321 e. The monoisotopic (exact) mass is 404 g/mol. The van der Waals surface area contributed by atoms with Gasteiger partial charge in [0.2, 0.25) is 10.0 Å². The number of nitrogens with one attached hydrogen (secondary N) is 2. The molecule has 0 aliphatic carbocycles. The highest BCUT2D eigenvalue weighted by Crippen LogP contribution is 2.09. The van der Waals surface area contributed by atoms with E-state index in [1.54, 1.807) is 12.1 Å². The van der Waals surface area contributed by atoms with Gasteiger partial charge in [0.1, 0.15) is 6.54 Å². The van der Waals surface area contributed by atoms with E-state index in [4.69, 9.17) is 4.74 Å². The number of carbonyl (C=O) groups is 2. The summed E-state index contributed by atoms with van der Waals surface area (Å²) in [6.07, 6.45) is 1.60. The summed E-state index contributed by atoms with van der Waals surface area (Å²) in [5.41, 5.74) is 2.11. The molecule has 2 rings (SSSR count). The lowest BCUT2D eigenvalue weighted by Crippen LogP contribution is -2.34. The number of hydrogen-bond acceptors (Lipinski definition) is 5. The summed E-state index contributed by atoms with van der Waals surface area (Å²) in [6.45, 7) is 1.31. The van der Waals surface area contributed by atoms with Gasteiger partial charge in [0.05, 0.1) is 4.90 Å². The average molecular weight is 404 g/mol. The molecule has 0 aromatic heterocycles. The van der Waals surface area contributed by atoms with Crippen molar-refractivity contribution < 1.29 is 22.7 Å². The van der Waals surface area contributed by atoms with Gasteiger partial charge in [-0.2, -0.15) is 4.72 Å². The van der Waals surface area contributed by atoms with Crippen LogP contribution in [0, 0.1) is 6.92 Å². The van der Waals surface area contributed by atoms with Gasteiger partial charge in [-0.3, -0.25) is 9.59 Å². The van der Waals surface area contributed by atoms with Gasteiger partial charge in [-0.25, -0.2) is 8.42 Å². The molecule has 8 heteroatoms. The predicted octanol–water partition coefficient (Wildman–Crippen LogP) is 1.57. The van der Waals surface area contributed by atoms with Crippen LogP contribution in [0.4, 0.5) is 0 Å². The van der Waals surface area contributed by atoms with Crippen molar-refractivity contribution in [3.8, 4) is 0 Å². The molecule has 7 nitrogen and oxygen atoms in total. The molecule has 1 amide bonds. The molecule has 2 aromatic carbocycles. The molecule has 28 heavy (non-hydrogen) atoms. The van der Waals surface area contributed by atoms with E-state index in [-0.39, 0.29) is 4.90 Å². The standard InChI is InChI=1S/C20H24N2O5S/c1-16-9-11-18(12-10-16)28(25,26)22-14-20(24)27-15-19(23)21-13-5-8-17-6-3-2-4-7-17/h2-4,6-7,9-12,22H,5,8,13-15H2,1H3,(H,21,23). The molecule has 0 unspecified atom stereocenters. The number of esters is 1. The molecule has 0 aliphatic rings. The van der Waals surface area contributed by atoms with Crippen molar-refractivity contribution in [2.45, 2.75) is 24.7 Å². The van der Waals surface area contributed by atoms with Crippen molar-refractivity contribution in [2.24, 2.45) is 0 Å². The van der Waals surface area contributed by atoms with Crippen LogP contribution in [-0.2, 0) is 30.8 Å². The Morgan fingerprint density at radius 1 is 1.00 bits per heavy atom. The zero-order valence-corrected chi connectivity index (χ0v) is 16.5. The van der Waals surface area contributed by atoms with Gasteiger partial charge in [-0.05, 0) is 37.5 Å². The van der Waals surface area contributed by atoms with Crippen LogP contribution in [0.25, 0.3) is 0 Å². The molecule has 2 N–H and O–H groups in total. The minimum atomic E-state index is -3.81. The Morgan fingerprint density at radius 2 is 1.68 bits per heavy atom. The van der Waals surface area contributed by atoms with Gasteiger partial charge in [-0.1, -0.05) is 48.0 Å². The Kier molecular flexibility index (Phi) is 8.16. The molecular weight excluding hydrogens is 380 g/mol. The minimum absolute atomic E-state index is 0.0575. The van der Waals surface area contributed by atoms with E-state index in [1.165, 1.54) is 17.7 Å². The Hall–Kier alpha value is -2.71. The largest absolute Gasteiger partial charge is 0.455 e. The number of amides is 1.